The average molecular weight is 211 g/mol. The van der Waals surface area contributed by atoms with Gasteiger partial charge in [-0.05, 0) is 19.2 Å². The highest BCUT2D eigenvalue weighted by Crippen LogP contribution is 2.28. The van der Waals surface area contributed by atoms with Gasteiger partial charge in [0.2, 0.25) is 0 Å². The molecule has 4 heteroatoms. The molecule has 15 heavy (non-hydrogen) atoms. The fourth-order valence-electron chi connectivity index (χ4n) is 1.40. The second kappa shape index (κ2) is 5.58. The first-order chi connectivity index (χ1) is 7.22. The van der Waals surface area contributed by atoms with Gasteiger partial charge in [0.15, 0.2) is 0 Å². The summed E-state index contributed by atoms with van der Waals surface area (Å²) in [6, 6.07) is 5.37. The molecule has 84 valence electrons. The minimum atomic E-state index is -0.573. The van der Waals surface area contributed by atoms with E-state index in [1.165, 1.54) is 0 Å². The number of hydrogen-bond donors (Lipinski definition) is 2. The number of rotatable bonds is 5. The van der Waals surface area contributed by atoms with Crippen molar-refractivity contribution in [1.82, 2.24) is 5.32 Å². The number of likely N-dealkylation sites (N-methyl/N-ethyl adjacent to an activating group) is 1. The van der Waals surface area contributed by atoms with Gasteiger partial charge in [0.1, 0.15) is 11.5 Å². The van der Waals surface area contributed by atoms with E-state index in [4.69, 9.17) is 9.47 Å². The molecule has 0 aromatic heterocycles. The summed E-state index contributed by atoms with van der Waals surface area (Å²) in [6.07, 6.45) is -0.573. The molecule has 1 unspecified atom stereocenters. The summed E-state index contributed by atoms with van der Waals surface area (Å²) in [5, 5.41) is 12.7. The summed E-state index contributed by atoms with van der Waals surface area (Å²) in [4.78, 5) is 0. The second-order valence-corrected chi connectivity index (χ2v) is 3.18. The van der Waals surface area contributed by atoms with Gasteiger partial charge in [-0.15, -0.1) is 0 Å². The van der Waals surface area contributed by atoms with Gasteiger partial charge >= 0.3 is 0 Å². The Labute approximate surface area is 89.8 Å². The fourth-order valence-corrected chi connectivity index (χ4v) is 1.40. The Kier molecular flexibility index (Phi) is 4.39. The summed E-state index contributed by atoms with van der Waals surface area (Å²) in [6.45, 7) is 0.489. The SMILES string of the molecule is CNCC(O)c1ccc(OC)cc1OC. The quantitative estimate of drug-likeness (QED) is 0.761. The lowest BCUT2D eigenvalue weighted by atomic mass is 10.1. The number of nitrogens with one attached hydrogen (secondary N) is 1. The van der Waals surface area contributed by atoms with E-state index in [2.05, 4.69) is 5.32 Å². The van der Waals surface area contributed by atoms with Crippen LogP contribution < -0.4 is 14.8 Å². The summed E-state index contributed by atoms with van der Waals surface area (Å²) in [7, 11) is 4.96. The minimum absolute atomic E-state index is 0.489. The van der Waals surface area contributed by atoms with E-state index in [-0.39, 0.29) is 0 Å². The number of aliphatic hydroxyl groups is 1. The molecule has 2 N–H and O–H groups in total. The van der Waals surface area contributed by atoms with Crippen LogP contribution in [0.15, 0.2) is 18.2 Å². The van der Waals surface area contributed by atoms with Crippen LogP contribution >= 0.6 is 0 Å². The monoisotopic (exact) mass is 211 g/mol. The molecule has 0 bridgehead atoms. The van der Waals surface area contributed by atoms with Crippen molar-refractivity contribution in [3.63, 3.8) is 0 Å². The van der Waals surface area contributed by atoms with Gasteiger partial charge in [-0.2, -0.15) is 0 Å². The van der Waals surface area contributed by atoms with Gasteiger partial charge in [-0.25, -0.2) is 0 Å². The number of benzene rings is 1. The first-order valence-electron chi connectivity index (χ1n) is 4.77. The van der Waals surface area contributed by atoms with Crippen LogP contribution in [0.2, 0.25) is 0 Å². The summed E-state index contributed by atoms with van der Waals surface area (Å²) < 4.78 is 10.3. The van der Waals surface area contributed by atoms with Crippen molar-refractivity contribution in [3.8, 4) is 11.5 Å². The summed E-state index contributed by atoms with van der Waals surface area (Å²) in [5.41, 5.74) is 0.757. The van der Waals surface area contributed by atoms with Gasteiger partial charge < -0.3 is 19.9 Å². The average Bonchev–Trinajstić information content (AvgIpc) is 2.28. The zero-order valence-corrected chi connectivity index (χ0v) is 9.28. The lowest BCUT2D eigenvalue weighted by Crippen LogP contribution is -2.17. The van der Waals surface area contributed by atoms with E-state index in [0.717, 1.165) is 5.56 Å². The molecule has 0 aliphatic heterocycles. The third-order valence-corrected chi connectivity index (χ3v) is 2.20. The molecule has 1 rings (SSSR count). The maximum absolute atomic E-state index is 9.81. The Balaban J connectivity index is 2.96. The molecule has 0 aliphatic carbocycles. The molecule has 0 heterocycles. The van der Waals surface area contributed by atoms with E-state index in [9.17, 15) is 5.11 Å². The topological polar surface area (TPSA) is 50.7 Å². The van der Waals surface area contributed by atoms with E-state index >= 15 is 0 Å². The molecule has 0 spiro atoms. The third kappa shape index (κ3) is 2.84. The predicted molar refractivity (Wildman–Crippen MR) is 58.4 cm³/mol. The molecule has 1 aromatic rings. The normalized spacial score (nSPS) is 12.3. The van der Waals surface area contributed by atoms with Gasteiger partial charge in [-0.1, -0.05) is 0 Å². The number of ether oxygens (including phenoxy) is 2. The molecule has 1 atom stereocenters. The predicted octanol–water partition coefficient (Wildman–Crippen LogP) is 0.957. The number of aliphatic hydroxyl groups excluding tert-OH is 1. The number of hydrogen-bond acceptors (Lipinski definition) is 4. The van der Waals surface area contributed by atoms with Crippen LogP contribution in [0.4, 0.5) is 0 Å². The van der Waals surface area contributed by atoms with E-state index in [1.54, 1.807) is 39.5 Å². The van der Waals surface area contributed by atoms with Crippen LogP contribution in [-0.2, 0) is 0 Å². The third-order valence-electron chi connectivity index (χ3n) is 2.20. The Hall–Kier alpha value is -1.26. The highest BCUT2D eigenvalue weighted by Gasteiger charge is 2.12. The summed E-state index contributed by atoms with van der Waals surface area (Å²) in [5.74, 6) is 1.35. The van der Waals surface area contributed by atoms with Crippen LogP contribution in [-0.4, -0.2) is 32.9 Å². The van der Waals surface area contributed by atoms with Crippen LogP contribution in [0, 0.1) is 0 Å². The number of methoxy groups -OCH3 is 2. The zero-order valence-electron chi connectivity index (χ0n) is 9.28. The summed E-state index contributed by atoms with van der Waals surface area (Å²) >= 11 is 0. The van der Waals surface area contributed by atoms with Gasteiger partial charge in [0.25, 0.3) is 0 Å². The van der Waals surface area contributed by atoms with Crippen LogP contribution in [0.1, 0.15) is 11.7 Å². The van der Waals surface area contributed by atoms with E-state index < -0.39 is 6.10 Å². The van der Waals surface area contributed by atoms with Crippen LogP contribution in [0.25, 0.3) is 0 Å². The van der Waals surface area contributed by atoms with Gasteiger partial charge in [0.05, 0.1) is 20.3 Å². The Morgan fingerprint density at radius 3 is 2.60 bits per heavy atom. The molecule has 4 nitrogen and oxygen atoms in total. The smallest absolute Gasteiger partial charge is 0.128 e. The van der Waals surface area contributed by atoms with Crippen molar-refractivity contribution in [2.24, 2.45) is 0 Å². The highest BCUT2D eigenvalue weighted by atomic mass is 16.5. The van der Waals surface area contributed by atoms with Crippen molar-refractivity contribution in [1.29, 1.82) is 0 Å². The van der Waals surface area contributed by atoms with E-state index in [0.29, 0.717) is 18.0 Å². The van der Waals surface area contributed by atoms with E-state index in [1.807, 2.05) is 0 Å². The van der Waals surface area contributed by atoms with Crippen molar-refractivity contribution in [2.45, 2.75) is 6.10 Å². The zero-order chi connectivity index (χ0) is 11.3. The molecule has 0 saturated carbocycles. The Bertz CT molecular complexity index is 315. The van der Waals surface area contributed by atoms with Crippen LogP contribution in [0.3, 0.4) is 0 Å². The molecule has 0 fully saturated rings. The van der Waals surface area contributed by atoms with Crippen molar-refractivity contribution >= 4 is 0 Å². The lowest BCUT2D eigenvalue weighted by molar-refractivity contribution is 0.173. The van der Waals surface area contributed by atoms with Gasteiger partial charge in [0, 0.05) is 18.2 Å². The molecular formula is C11H17NO3. The molecular weight excluding hydrogens is 194 g/mol. The Morgan fingerprint density at radius 2 is 2.07 bits per heavy atom. The second-order valence-electron chi connectivity index (χ2n) is 3.18. The highest BCUT2D eigenvalue weighted by molar-refractivity contribution is 5.42. The van der Waals surface area contributed by atoms with Crippen molar-refractivity contribution in [2.75, 3.05) is 27.8 Å². The first-order valence-corrected chi connectivity index (χ1v) is 4.77. The largest absolute Gasteiger partial charge is 0.497 e. The van der Waals surface area contributed by atoms with Crippen LogP contribution in [0.5, 0.6) is 11.5 Å². The lowest BCUT2D eigenvalue weighted by Gasteiger charge is -2.15. The van der Waals surface area contributed by atoms with Crippen molar-refractivity contribution in [3.05, 3.63) is 23.8 Å². The molecule has 0 amide bonds. The Morgan fingerprint density at radius 1 is 1.33 bits per heavy atom. The minimum Gasteiger partial charge on any atom is -0.497 e. The molecule has 0 saturated heterocycles. The first kappa shape index (κ1) is 11.8. The molecule has 1 aromatic carbocycles. The molecule has 0 aliphatic rings. The molecule has 0 radical (unpaired) electrons. The van der Waals surface area contributed by atoms with Gasteiger partial charge in [-0.3, -0.25) is 0 Å². The maximum atomic E-state index is 9.81. The standard InChI is InChI=1S/C11H17NO3/c1-12-7-10(13)9-5-4-8(14-2)6-11(9)15-3/h4-6,10,12-13H,7H2,1-3H3. The maximum Gasteiger partial charge on any atom is 0.128 e. The van der Waals surface area contributed by atoms with Crippen molar-refractivity contribution < 1.29 is 14.6 Å². The fraction of sp³-hybridized carbons (Fsp3) is 0.455.